The number of hydrogen-bond donors (Lipinski definition) is 2. The maximum absolute atomic E-state index is 13.0. The first kappa shape index (κ1) is 22.5. The predicted molar refractivity (Wildman–Crippen MR) is 111 cm³/mol. The van der Waals surface area contributed by atoms with E-state index in [2.05, 4.69) is 5.32 Å². The molecular formula is C18H28N4O4S2. The molecule has 8 nitrogen and oxygen atoms in total. The normalized spacial score (nSPS) is 16.6. The molecule has 156 valence electrons. The van der Waals surface area contributed by atoms with Crippen LogP contribution in [0.4, 0.5) is 4.79 Å². The highest BCUT2D eigenvalue weighted by Gasteiger charge is 2.33. The second-order valence-corrected chi connectivity index (χ2v) is 9.73. The minimum atomic E-state index is -3.62. The largest absolute Gasteiger partial charge is 0.352 e. The number of sulfonamides is 1. The minimum Gasteiger partial charge on any atom is -0.352 e. The van der Waals surface area contributed by atoms with Crippen LogP contribution in [0.3, 0.4) is 0 Å². The van der Waals surface area contributed by atoms with E-state index in [9.17, 15) is 18.0 Å². The molecule has 1 heterocycles. The van der Waals surface area contributed by atoms with Crippen molar-refractivity contribution in [2.75, 3.05) is 38.2 Å². The summed E-state index contributed by atoms with van der Waals surface area (Å²) in [6.45, 7) is 4.62. The third kappa shape index (κ3) is 5.39. The van der Waals surface area contributed by atoms with Gasteiger partial charge in [0, 0.05) is 26.2 Å². The van der Waals surface area contributed by atoms with Gasteiger partial charge < -0.3 is 16.0 Å². The van der Waals surface area contributed by atoms with Gasteiger partial charge in [0.25, 0.3) is 0 Å². The molecule has 0 spiro atoms. The van der Waals surface area contributed by atoms with Gasteiger partial charge in [0.2, 0.25) is 15.9 Å². The second-order valence-electron chi connectivity index (χ2n) is 6.84. The van der Waals surface area contributed by atoms with Gasteiger partial charge in [-0.3, -0.25) is 4.79 Å². The van der Waals surface area contributed by atoms with E-state index < -0.39 is 22.1 Å². The molecule has 1 saturated heterocycles. The van der Waals surface area contributed by atoms with Crippen LogP contribution in [0.5, 0.6) is 0 Å². The van der Waals surface area contributed by atoms with Crippen LogP contribution in [0.15, 0.2) is 23.1 Å². The lowest BCUT2D eigenvalue weighted by Gasteiger charge is -2.36. The topological polar surface area (TPSA) is 113 Å². The van der Waals surface area contributed by atoms with Crippen molar-refractivity contribution in [2.24, 2.45) is 5.73 Å². The summed E-state index contributed by atoms with van der Waals surface area (Å²) in [4.78, 5) is 25.8. The van der Waals surface area contributed by atoms with E-state index in [0.717, 1.165) is 5.56 Å². The second kappa shape index (κ2) is 9.62. The molecule has 1 aromatic carbocycles. The molecule has 0 aromatic heterocycles. The first-order chi connectivity index (χ1) is 13.2. The number of aryl methyl sites for hydroxylation is 2. The highest BCUT2D eigenvalue weighted by molar-refractivity contribution is 7.98. The van der Waals surface area contributed by atoms with Gasteiger partial charge in [-0.25, -0.2) is 13.2 Å². The highest BCUT2D eigenvalue weighted by atomic mass is 32.2. The average Bonchev–Trinajstić information content (AvgIpc) is 2.66. The standard InChI is InChI=1S/C18H28N4O4S2/c1-13-4-5-14(2)16(12-13)28(25,26)22-9-7-21(8-10-22)17(23)15(6-11-27-3)20-18(19)24/h4-5,12,15H,6-11H2,1-3H3,(H3,19,20,24). The van der Waals surface area contributed by atoms with E-state index in [4.69, 9.17) is 5.73 Å². The number of nitrogens with one attached hydrogen (secondary N) is 1. The van der Waals surface area contributed by atoms with Crippen molar-refractivity contribution < 1.29 is 18.0 Å². The molecule has 1 unspecified atom stereocenters. The van der Waals surface area contributed by atoms with Crippen molar-refractivity contribution in [2.45, 2.75) is 31.2 Å². The van der Waals surface area contributed by atoms with Crippen LogP contribution in [-0.4, -0.2) is 73.8 Å². The number of carbonyl (C=O) groups excluding carboxylic acids is 2. The van der Waals surface area contributed by atoms with Gasteiger partial charge in [0.1, 0.15) is 6.04 Å². The van der Waals surface area contributed by atoms with Crippen molar-refractivity contribution >= 4 is 33.7 Å². The molecule has 2 rings (SSSR count). The van der Waals surface area contributed by atoms with Gasteiger partial charge in [0.15, 0.2) is 0 Å². The quantitative estimate of drug-likeness (QED) is 0.671. The summed E-state index contributed by atoms with van der Waals surface area (Å²) in [7, 11) is -3.62. The van der Waals surface area contributed by atoms with Crippen molar-refractivity contribution in [1.82, 2.24) is 14.5 Å². The molecule has 1 atom stereocenters. The van der Waals surface area contributed by atoms with Crippen LogP contribution < -0.4 is 11.1 Å². The zero-order valence-corrected chi connectivity index (χ0v) is 18.1. The van der Waals surface area contributed by atoms with E-state index in [1.54, 1.807) is 35.7 Å². The lowest BCUT2D eigenvalue weighted by atomic mass is 10.2. The van der Waals surface area contributed by atoms with Crippen LogP contribution in [-0.2, 0) is 14.8 Å². The summed E-state index contributed by atoms with van der Waals surface area (Å²) in [6.07, 6.45) is 2.40. The van der Waals surface area contributed by atoms with Gasteiger partial charge in [-0.05, 0) is 49.5 Å². The summed E-state index contributed by atoms with van der Waals surface area (Å²) in [5.41, 5.74) is 6.77. The lowest BCUT2D eigenvalue weighted by Crippen LogP contribution is -2.56. The number of carbonyl (C=O) groups is 2. The Balaban J connectivity index is 2.07. The summed E-state index contributed by atoms with van der Waals surface area (Å²) in [5, 5.41) is 2.50. The fourth-order valence-electron chi connectivity index (χ4n) is 3.16. The Kier molecular flexibility index (Phi) is 7.73. The molecule has 28 heavy (non-hydrogen) atoms. The number of urea groups is 1. The molecule has 0 radical (unpaired) electrons. The Morgan fingerprint density at radius 3 is 2.43 bits per heavy atom. The Morgan fingerprint density at radius 1 is 1.21 bits per heavy atom. The molecular weight excluding hydrogens is 400 g/mol. The number of amides is 3. The molecule has 0 saturated carbocycles. The minimum absolute atomic E-state index is 0.216. The lowest BCUT2D eigenvalue weighted by molar-refractivity contribution is -0.134. The van der Waals surface area contributed by atoms with Crippen molar-refractivity contribution in [1.29, 1.82) is 0 Å². The number of piperazine rings is 1. The van der Waals surface area contributed by atoms with Crippen molar-refractivity contribution in [3.63, 3.8) is 0 Å². The summed E-state index contributed by atoms with van der Waals surface area (Å²) in [5.74, 6) is 0.481. The van der Waals surface area contributed by atoms with E-state index in [-0.39, 0.29) is 32.1 Å². The Hall–Kier alpha value is -1.78. The SMILES string of the molecule is CSCCC(NC(N)=O)C(=O)N1CCN(S(=O)(=O)c2cc(C)ccc2C)CC1. The van der Waals surface area contributed by atoms with Crippen LogP contribution >= 0.6 is 11.8 Å². The Bertz CT molecular complexity index is 821. The van der Waals surface area contributed by atoms with Crippen molar-refractivity contribution in [3.8, 4) is 0 Å². The van der Waals surface area contributed by atoms with Gasteiger partial charge in [0.05, 0.1) is 4.90 Å². The molecule has 1 aliphatic heterocycles. The first-order valence-corrected chi connectivity index (χ1v) is 11.9. The van der Waals surface area contributed by atoms with Gasteiger partial charge in [-0.1, -0.05) is 12.1 Å². The molecule has 0 aliphatic carbocycles. The number of nitrogens with zero attached hydrogens (tertiary/aromatic N) is 2. The third-order valence-electron chi connectivity index (χ3n) is 4.74. The van der Waals surface area contributed by atoms with Crippen LogP contribution in [0, 0.1) is 13.8 Å². The molecule has 1 aliphatic rings. The third-order valence-corrected chi connectivity index (χ3v) is 7.42. The smallest absolute Gasteiger partial charge is 0.312 e. The zero-order chi connectivity index (χ0) is 20.9. The van der Waals surface area contributed by atoms with Gasteiger partial charge >= 0.3 is 6.03 Å². The number of nitrogens with two attached hydrogens (primary N) is 1. The van der Waals surface area contributed by atoms with E-state index in [0.29, 0.717) is 22.6 Å². The molecule has 3 amide bonds. The van der Waals surface area contributed by atoms with Crippen molar-refractivity contribution in [3.05, 3.63) is 29.3 Å². The fraction of sp³-hybridized carbons (Fsp3) is 0.556. The number of benzene rings is 1. The van der Waals surface area contributed by atoms with E-state index in [1.807, 2.05) is 19.2 Å². The molecule has 1 fully saturated rings. The highest BCUT2D eigenvalue weighted by Crippen LogP contribution is 2.22. The molecule has 10 heteroatoms. The molecule has 3 N–H and O–H groups in total. The summed E-state index contributed by atoms with van der Waals surface area (Å²) in [6, 6.07) is 3.93. The Labute approximate surface area is 170 Å². The first-order valence-electron chi connectivity index (χ1n) is 9.08. The summed E-state index contributed by atoms with van der Waals surface area (Å²) >= 11 is 1.57. The number of rotatable bonds is 7. The zero-order valence-electron chi connectivity index (χ0n) is 16.5. The number of primary amides is 1. The van der Waals surface area contributed by atoms with E-state index in [1.165, 1.54) is 4.31 Å². The van der Waals surface area contributed by atoms with Gasteiger partial charge in [-0.2, -0.15) is 16.1 Å². The Morgan fingerprint density at radius 2 is 1.86 bits per heavy atom. The summed E-state index contributed by atoms with van der Waals surface area (Å²) < 4.78 is 27.4. The van der Waals surface area contributed by atoms with Gasteiger partial charge in [-0.15, -0.1) is 0 Å². The van der Waals surface area contributed by atoms with Crippen LogP contribution in [0.1, 0.15) is 17.5 Å². The monoisotopic (exact) mass is 428 g/mol. The fourth-order valence-corrected chi connectivity index (χ4v) is 5.36. The molecule has 0 bridgehead atoms. The molecule has 1 aromatic rings. The predicted octanol–water partition coefficient (Wildman–Crippen LogP) is 0.926. The maximum Gasteiger partial charge on any atom is 0.312 e. The average molecular weight is 429 g/mol. The maximum atomic E-state index is 13.0. The van der Waals surface area contributed by atoms with Crippen LogP contribution in [0.2, 0.25) is 0 Å². The van der Waals surface area contributed by atoms with E-state index >= 15 is 0 Å². The van der Waals surface area contributed by atoms with Crippen LogP contribution in [0.25, 0.3) is 0 Å². The number of thioether (sulfide) groups is 1. The number of hydrogen-bond acceptors (Lipinski definition) is 5.